The van der Waals surface area contributed by atoms with Gasteiger partial charge < -0.3 is 10.1 Å². The maximum Gasteiger partial charge on any atom is 0.419 e. The van der Waals surface area contributed by atoms with Crippen molar-refractivity contribution in [3.8, 4) is 11.3 Å². The van der Waals surface area contributed by atoms with Crippen molar-refractivity contribution in [2.75, 3.05) is 13.1 Å². The Kier molecular flexibility index (Phi) is 6.25. The van der Waals surface area contributed by atoms with E-state index in [1.54, 1.807) is 4.57 Å². The highest BCUT2D eigenvalue weighted by atomic mass is 16.6. The number of rotatable bonds is 4. The van der Waals surface area contributed by atoms with Gasteiger partial charge in [-0.1, -0.05) is 24.6 Å². The molecule has 1 N–H and O–H groups in total. The van der Waals surface area contributed by atoms with Gasteiger partial charge in [-0.15, -0.1) is 0 Å². The fraction of sp³-hybridized carbons (Fsp3) is 0.400. The van der Waals surface area contributed by atoms with E-state index in [0.717, 1.165) is 52.8 Å². The number of allylic oxidation sites excluding steroid dienone is 1. The molecule has 0 aliphatic carbocycles. The molecule has 0 spiro atoms. The van der Waals surface area contributed by atoms with Crippen LogP contribution < -0.4 is 5.32 Å². The number of nitrogens with one attached hydrogen (secondary N) is 1. The van der Waals surface area contributed by atoms with Crippen molar-refractivity contribution < 1.29 is 14.3 Å². The van der Waals surface area contributed by atoms with E-state index in [4.69, 9.17) is 4.74 Å². The Morgan fingerprint density at radius 2 is 1.83 bits per heavy atom. The normalized spacial score (nSPS) is 16.2. The van der Waals surface area contributed by atoms with E-state index in [1.807, 2.05) is 52.0 Å². The third kappa shape index (κ3) is 4.70. The van der Waals surface area contributed by atoms with Gasteiger partial charge in [-0.3, -0.25) is 9.69 Å². The first kappa shape index (κ1) is 24.3. The molecule has 0 radical (unpaired) electrons. The second-order valence-electron chi connectivity index (χ2n) is 11.1. The molecule has 2 aliphatic heterocycles. The van der Waals surface area contributed by atoms with Crippen LogP contribution in [0, 0.1) is 0 Å². The lowest BCUT2D eigenvalue weighted by atomic mass is 9.94. The summed E-state index contributed by atoms with van der Waals surface area (Å²) >= 11 is 0. The van der Waals surface area contributed by atoms with Gasteiger partial charge in [-0.2, -0.15) is 0 Å². The number of nitrogens with zero attached hydrogens (tertiary/aromatic N) is 2. The van der Waals surface area contributed by atoms with Crippen molar-refractivity contribution >= 4 is 28.5 Å². The van der Waals surface area contributed by atoms with Crippen LogP contribution in [-0.4, -0.2) is 40.2 Å². The van der Waals surface area contributed by atoms with Gasteiger partial charge in [-0.25, -0.2) is 9.36 Å². The van der Waals surface area contributed by atoms with Crippen LogP contribution in [0.2, 0.25) is 0 Å². The molecule has 5 rings (SSSR count). The number of amides is 1. The molecule has 36 heavy (non-hydrogen) atoms. The fourth-order valence-electron chi connectivity index (χ4n) is 5.26. The van der Waals surface area contributed by atoms with Gasteiger partial charge in [0.15, 0.2) is 0 Å². The van der Waals surface area contributed by atoms with Crippen LogP contribution >= 0.6 is 0 Å². The lowest BCUT2D eigenvalue weighted by molar-refractivity contribution is 0.0547. The quantitative estimate of drug-likeness (QED) is 0.467. The Bertz CT molecular complexity index is 1370. The lowest BCUT2D eigenvalue weighted by Gasteiger charge is -2.26. The molecule has 1 fully saturated rings. The zero-order valence-electron chi connectivity index (χ0n) is 21.7. The van der Waals surface area contributed by atoms with Crippen LogP contribution in [-0.2, 0) is 17.8 Å². The lowest BCUT2D eigenvalue weighted by Crippen LogP contribution is -2.29. The molecule has 6 nitrogen and oxygen atoms in total. The second-order valence-corrected chi connectivity index (χ2v) is 11.1. The first-order chi connectivity index (χ1) is 17.1. The summed E-state index contributed by atoms with van der Waals surface area (Å²) in [5.74, 6) is -0.125. The summed E-state index contributed by atoms with van der Waals surface area (Å²) in [5.41, 5.74) is 6.10. The van der Waals surface area contributed by atoms with E-state index in [-0.39, 0.29) is 5.91 Å². The number of ether oxygens (including phenoxy) is 1. The molecule has 0 bridgehead atoms. The number of hydrogen-bond acceptors (Lipinski definition) is 4. The summed E-state index contributed by atoms with van der Waals surface area (Å²) in [6, 6.07) is 12.3. The molecule has 1 amide bonds. The highest BCUT2D eigenvalue weighted by Crippen LogP contribution is 2.37. The molecule has 3 aromatic rings. The molecule has 0 atom stereocenters. The Labute approximate surface area is 212 Å². The van der Waals surface area contributed by atoms with Crippen LogP contribution in [0.5, 0.6) is 0 Å². The molecule has 1 saturated heterocycles. The molecule has 1 aromatic heterocycles. The van der Waals surface area contributed by atoms with E-state index in [1.165, 1.54) is 24.8 Å². The zero-order valence-corrected chi connectivity index (χ0v) is 21.7. The van der Waals surface area contributed by atoms with E-state index in [2.05, 4.69) is 28.9 Å². The fourth-order valence-corrected chi connectivity index (χ4v) is 5.26. The number of likely N-dealkylation sites (tertiary alicyclic amines) is 1. The first-order valence-corrected chi connectivity index (χ1v) is 12.8. The second kappa shape index (κ2) is 9.25. The number of fused-ring (bicyclic) bond motifs is 2. The average Bonchev–Trinajstić information content (AvgIpc) is 3.38. The summed E-state index contributed by atoms with van der Waals surface area (Å²) in [6.45, 7) is 15.3. The summed E-state index contributed by atoms with van der Waals surface area (Å²) < 4.78 is 7.45. The van der Waals surface area contributed by atoms with E-state index in [0.29, 0.717) is 17.8 Å². The smallest absolute Gasteiger partial charge is 0.419 e. The standard InChI is InChI=1S/C30H35N3O3/c1-19(2)21-14-23-17-31-28(34)27(23)24(15-21)26-16-22-13-20(18-32-11-7-6-8-12-32)9-10-25(22)33(26)29(35)36-30(3,4)5/h9-10,13-16H,1,6-8,11-12,17-18H2,2-5H3,(H,31,34). The van der Waals surface area contributed by atoms with Crippen molar-refractivity contribution in [2.24, 2.45) is 0 Å². The summed E-state index contributed by atoms with van der Waals surface area (Å²) in [4.78, 5) is 28.9. The van der Waals surface area contributed by atoms with Gasteiger partial charge in [0.25, 0.3) is 5.91 Å². The Balaban J connectivity index is 1.68. The van der Waals surface area contributed by atoms with Gasteiger partial charge in [0.1, 0.15) is 5.60 Å². The summed E-state index contributed by atoms with van der Waals surface area (Å²) in [7, 11) is 0. The number of carbonyl (C=O) groups excluding carboxylic acids is 2. The molecule has 6 heteroatoms. The number of piperidine rings is 1. The molecular formula is C30H35N3O3. The highest BCUT2D eigenvalue weighted by molar-refractivity contribution is 6.07. The Morgan fingerprint density at radius 1 is 1.08 bits per heavy atom. The van der Waals surface area contributed by atoms with E-state index < -0.39 is 11.7 Å². The SMILES string of the molecule is C=C(C)c1cc2c(c(-c3cc4cc(CN5CCCCC5)ccc4n3C(=O)OC(C)(C)C)c1)C(=O)NC2. The van der Waals surface area contributed by atoms with E-state index >= 15 is 0 Å². The molecular weight excluding hydrogens is 450 g/mol. The number of aromatic nitrogens is 1. The van der Waals surface area contributed by atoms with Crippen molar-refractivity contribution in [2.45, 2.75) is 65.6 Å². The third-order valence-corrected chi connectivity index (χ3v) is 6.95. The maximum absolute atomic E-state index is 13.5. The van der Waals surface area contributed by atoms with Gasteiger partial charge in [0.05, 0.1) is 16.8 Å². The largest absolute Gasteiger partial charge is 0.443 e. The molecule has 0 saturated carbocycles. The molecule has 0 unspecified atom stereocenters. The molecule has 2 aromatic carbocycles. The maximum atomic E-state index is 13.5. The molecule has 188 valence electrons. The monoisotopic (exact) mass is 485 g/mol. The van der Waals surface area contributed by atoms with Crippen LogP contribution in [0.25, 0.3) is 27.7 Å². The average molecular weight is 486 g/mol. The van der Waals surface area contributed by atoms with Gasteiger partial charge in [0, 0.05) is 24.0 Å². The van der Waals surface area contributed by atoms with Crippen molar-refractivity contribution in [3.05, 3.63) is 65.2 Å². The number of hydrogen-bond donors (Lipinski definition) is 1. The summed E-state index contributed by atoms with van der Waals surface area (Å²) in [5, 5.41) is 3.89. The van der Waals surface area contributed by atoms with Crippen LogP contribution in [0.3, 0.4) is 0 Å². The molecule has 3 heterocycles. The van der Waals surface area contributed by atoms with Crippen LogP contribution in [0.1, 0.15) is 74.0 Å². The Hall–Kier alpha value is -3.38. The topological polar surface area (TPSA) is 63.6 Å². The van der Waals surface area contributed by atoms with Crippen LogP contribution in [0.15, 0.2) is 43.0 Å². The highest BCUT2D eigenvalue weighted by Gasteiger charge is 2.29. The number of carbonyl (C=O) groups is 2. The molecule has 2 aliphatic rings. The third-order valence-electron chi connectivity index (χ3n) is 6.95. The zero-order chi connectivity index (χ0) is 25.6. The predicted molar refractivity (Wildman–Crippen MR) is 144 cm³/mol. The van der Waals surface area contributed by atoms with Gasteiger partial charge in [0.2, 0.25) is 0 Å². The van der Waals surface area contributed by atoms with Gasteiger partial charge >= 0.3 is 6.09 Å². The van der Waals surface area contributed by atoms with Gasteiger partial charge in [-0.05, 0) is 101 Å². The van der Waals surface area contributed by atoms with Crippen molar-refractivity contribution in [3.63, 3.8) is 0 Å². The predicted octanol–water partition coefficient (Wildman–Crippen LogP) is 6.35. The summed E-state index contributed by atoms with van der Waals surface area (Å²) in [6.07, 6.45) is 3.34. The van der Waals surface area contributed by atoms with Crippen molar-refractivity contribution in [1.29, 1.82) is 0 Å². The Morgan fingerprint density at radius 3 is 2.53 bits per heavy atom. The number of benzene rings is 2. The minimum absolute atomic E-state index is 0.125. The first-order valence-electron chi connectivity index (χ1n) is 12.8. The van der Waals surface area contributed by atoms with Crippen molar-refractivity contribution in [1.82, 2.24) is 14.8 Å². The minimum atomic E-state index is -0.655. The van der Waals surface area contributed by atoms with Crippen LogP contribution in [0.4, 0.5) is 4.79 Å². The van der Waals surface area contributed by atoms with E-state index in [9.17, 15) is 9.59 Å². The minimum Gasteiger partial charge on any atom is -0.443 e.